The molecule has 1 aliphatic carbocycles. The summed E-state index contributed by atoms with van der Waals surface area (Å²) in [5, 5.41) is 0. The van der Waals surface area contributed by atoms with Gasteiger partial charge in [-0.15, -0.1) is 0 Å². The van der Waals surface area contributed by atoms with Crippen LogP contribution in [0.15, 0.2) is 0 Å². The van der Waals surface area contributed by atoms with Gasteiger partial charge in [0, 0.05) is 6.42 Å². The SMILES string of the molecule is NC(C(=O)OC1CCOC1)C1CC1. The van der Waals surface area contributed by atoms with Gasteiger partial charge in [0.2, 0.25) is 0 Å². The number of carbonyl (C=O) groups excluding carboxylic acids is 1. The quantitative estimate of drug-likeness (QED) is 0.631. The molecule has 1 saturated heterocycles. The highest BCUT2D eigenvalue weighted by molar-refractivity contribution is 5.76. The Balaban J connectivity index is 1.76. The predicted molar refractivity (Wildman–Crippen MR) is 46.0 cm³/mol. The first kappa shape index (κ1) is 8.97. The van der Waals surface area contributed by atoms with Crippen molar-refractivity contribution < 1.29 is 14.3 Å². The highest BCUT2D eigenvalue weighted by Gasteiger charge is 2.35. The predicted octanol–water partition coefficient (Wildman–Crippen LogP) is 0.0558. The van der Waals surface area contributed by atoms with Gasteiger partial charge in [-0.2, -0.15) is 0 Å². The molecule has 4 nitrogen and oxygen atoms in total. The van der Waals surface area contributed by atoms with Crippen molar-refractivity contribution in [3.05, 3.63) is 0 Å². The van der Waals surface area contributed by atoms with Crippen molar-refractivity contribution >= 4 is 5.97 Å². The van der Waals surface area contributed by atoms with Crippen molar-refractivity contribution in [2.24, 2.45) is 11.7 Å². The largest absolute Gasteiger partial charge is 0.459 e. The van der Waals surface area contributed by atoms with Gasteiger partial charge in [-0.3, -0.25) is 4.79 Å². The summed E-state index contributed by atoms with van der Waals surface area (Å²) in [6, 6.07) is -0.402. The highest BCUT2D eigenvalue weighted by atomic mass is 16.6. The minimum Gasteiger partial charge on any atom is -0.459 e. The van der Waals surface area contributed by atoms with Crippen LogP contribution in [-0.4, -0.2) is 31.3 Å². The minimum atomic E-state index is -0.402. The fourth-order valence-corrected chi connectivity index (χ4v) is 1.50. The molecule has 1 saturated carbocycles. The van der Waals surface area contributed by atoms with Gasteiger partial charge in [-0.05, 0) is 18.8 Å². The van der Waals surface area contributed by atoms with Crippen LogP contribution in [0.5, 0.6) is 0 Å². The Bertz CT molecular complexity index is 197. The summed E-state index contributed by atoms with van der Waals surface area (Å²) in [4.78, 5) is 11.4. The average molecular weight is 185 g/mol. The Morgan fingerprint density at radius 3 is 2.77 bits per heavy atom. The van der Waals surface area contributed by atoms with Crippen molar-refractivity contribution in [1.82, 2.24) is 0 Å². The maximum absolute atomic E-state index is 11.4. The van der Waals surface area contributed by atoms with E-state index in [4.69, 9.17) is 15.2 Å². The topological polar surface area (TPSA) is 61.6 Å². The van der Waals surface area contributed by atoms with E-state index in [0.717, 1.165) is 19.3 Å². The van der Waals surface area contributed by atoms with Gasteiger partial charge in [0.05, 0.1) is 13.2 Å². The van der Waals surface area contributed by atoms with Gasteiger partial charge in [0.15, 0.2) is 0 Å². The lowest BCUT2D eigenvalue weighted by molar-refractivity contribution is -0.151. The van der Waals surface area contributed by atoms with Crippen LogP contribution in [0.4, 0.5) is 0 Å². The van der Waals surface area contributed by atoms with Gasteiger partial charge < -0.3 is 15.2 Å². The second kappa shape index (κ2) is 3.64. The maximum Gasteiger partial charge on any atom is 0.323 e. The molecule has 0 amide bonds. The number of nitrogens with two attached hydrogens (primary N) is 1. The lowest BCUT2D eigenvalue weighted by atomic mass is 10.2. The van der Waals surface area contributed by atoms with E-state index in [0.29, 0.717) is 19.1 Å². The Labute approximate surface area is 77.4 Å². The molecule has 2 fully saturated rings. The van der Waals surface area contributed by atoms with Crippen molar-refractivity contribution in [3.8, 4) is 0 Å². The molecule has 0 spiro atoms. The van der Waals surface area contributed by atoms with Crippen LogP contribution in [0.3, 0.4) is 0 Å². The lowest BCUT2D eigenvalue weighted by Gasteiger charge is -2.14. The molecule has 74 valence electrons. The molecule has 0 radical (unpaired) electrons. The molecule has 0 aromatic carbocycles. The Hall–Kier alpha value is -0.610. The molecule has 1 aliphatic heterocycles. The van der Waals surface area contributed by atoms with Gasteiger partial charge in [-0.1, -0.05) is 0 Å². The van der Waals surface area contributed by atoms with Gasteiger partial charge in [-0.25, -0.2) is 0 Å². The molecule has 0 aromatic heterocycles. The molecule has 0 bridgehead atoms. The lowest BCUT2D eigenvalue weighted by Crippen LogP contribution is -2.36. The first-order valence-corrected chi connectivity index (χ1v) is 4.81. The van der Waals surface area contributed by atoms with E-state index in [9.17, 15) is 4.79 Å². The fourth-order valence-electron chi connectivity index (χ4n) is 1.50. The molecule has 13 heavy (non-hydrogen) atoms. The summed E-state index contributed by atoms with van der Waals surface area (Å²) in [6.07, 6.45) is 2.88. The zero-order valence-corrected chi connectivity index (χ0v) is 7.57. The van der Waals surface area contributed by atoms with Gasteiger partial charge in [0.1, 0.15) is 12.1 Å². The zero-order chi connectivity index (χ0) is 9.26. The summed E-state index contributed by atoms with van der Waals surface area (Å²) in [6.45, 7) is 1.22. The molecule has 1 heterocycles. The average Bonchev–Trinajstić information content (AvgIpc) is 2.85. The van der Waals surface area contributed by atoms with Crippen LogP contribution in [0.25, 0.3) is 0 Å². The van der Waals surface area contributed by atoms with Crippen LogP contribution >= 0.6 is 0 Å². The number of hydrogen-bond donors (Lipinski definition) is 1. The fraction of sp³-hybridized carbons (Fsp3) is 0.889. The van der Waals surface area contributed by atoms with E-state index >= 15 is 0 Å². The Kier molecular flexibility index (Phi) is 2.51. The molecule has 0 aromatic rings. The van der Waals surface area contributed by atoms with E-state index in [2.05, 4.69) is 0 Å². The number of hydrogen-bond acceptors (Lipinski definition) is 4. The van der Waals surface area contributed by atoms with Crippen LogP contribution in [0.1, 0.15) is 19.3 Å². The Morgan fingerprint density at radius 2 is 2.23 bits per heavy atom. The second-order valence-electron chi connectivity index (χ2n) is 3.79. The van der Waals surface area contributed by atoms with E-state index in [1.807, 2.05) is 0 Å². The Morgan fingerprint density at radius 1 is 1.46 bits per heavy atom. The van der Waals surface area contributed by atoms with Crippen molar-refractivity contribution in [2.45, 2.75) is 31.4 Å². The third kappa shape index (κ3) is 2.19. The van der Waals surface area contributed by atoms with Gasteiger partial charge in [0.25, 0.3) is 0 Å². The highest BCUT2D eigenvalue weighted by Crippen LogP contribution is 2.32. The second-order valence-corrected chi connectivity index (χ2v) is 3.79. The van der Waals surface area contributed by atoms with E-state index < -0.39 is 6.04 Å². The van der Waals surface area contributed by atoms with Crippen molar-refractivity contribution in [3.63, 3.8) is 0 Å². The summed E-state index contributed by atoms with van der Waals surface area (Å²) >= 11 is 0. The third-order valence-electron chi connectivity index (χ3n) is 2.57. The number of ether oxygens (including phenoxy) is 2. The summed E-state index contributed by atoms with van der Waals surface area (Å²) in [7, 11) is 0. The molecule has 2 N–H and O–H groups in total. The van der Waals surface area contributed by atoms with Gasteiger partial charge >= 0.3 is 5.97 Å². The smallest absolute Gasteiger partial charge is 0.323 e. The van der Waals surface area contributed by atoms with Crippen molar-refractivity contribution in [1.29, 1.82) is 0 Å². The summed E-state index contributed by atoms with van der Waals surface area (Å²) < 4.78 is 10.3. The van der Waals surface area contributed by atoms with E-state index in [1.54, 1.807) is 0 Å². The minimum absolute atomic E-state index is 0.0581. The van der Waals surface area contributed by atoms with Crippen LogP contribution < -0.4 is 5.73 Å². The third-order valence-corrected chi connectivity index (χ3v) is 2.57. The number of carbonyl (C=O) groups is 1. The molecule has 2 atom stereocenters. The number of esters is 1. The first-order chi connectivity index (χ1) is 6.27. The zero-order valence-electron chi connectivity index (χ0n) is 7.57. The molecular formula is C9H15NO3. The summed E-state index contributed by atoms with van der Waals surface area (Å²) in [5.74, 6) is 0.118. The number of rotatable bonds is 3. The molecular weight excluding hydrogens is 170 g/mol. The standard InChI is InChI=1S/C9H15NO3/c10-8(6-1-2-6)9(11)13-7-3-4-12-5-7/h6-8H,1-5,10H2. The monoisotopic (exact) mass is 185 g/mol. The van der Waals surface area contributed by atoms with Crippen LogP contribution in [0, 0.1) is 5.92 Å². The summed E-state index contributed by atoms with van der Waals surface area (Å²) in [5.41, 5.74) is 5.69. The van der Waals surface area contributed by atoms with Crippen LogP contribution in [0.2, 0.25) is 0 Å². The van der Waals surface area contributed by atoms with Crippen molar-refractivity contribution in [2.75, 3.05) is 13.2 Å². The van der Waals surface area contributed by atoms with E-state index in [1.165, 1.54) is 0 Å². The van der Waals surface area contributed by atoms with Crippen LogP contribution in [-0.2, 0) is 14.3 Å². The molecule has 4 heteroatoms. The van der Waals surface area contributed by atoms with E-state index in [-0.39, 0.29) is 12.1 Å². The molecule has 2 aliphatic rings. The first-order valence-electron chi connectivity index (χ1n) is 4.81. The maximum atomic E-state index is 11.4. The molecule has 2 rings (SSSR count). The normalized spacial score (nSPS) is 30.1. The molecule has 2 unspecified atom stereocenters.